The van der Waals surface area contributed by atoms with Gasteiger partial charge in [0.25, 0.3) is 0 Å². The standard InChI is InChI=1S/C20H36N2O/c1-7-9-18(23)15(5)14(4)16(8-2)17-11-20(6)10-13(3)12-21-19(20)22-17/h8,13-18,23H,2,7,9-12H2,1,3-6H3,(H,21,22)/t13-,14-,15?,16+,17+,18-,20-/m1/s1. The molecule has 0 saturated carbocycles. The molecular weight excluding hydrogens is 284 g/mol. The number of aliphatic imine (C=N–C) groups is 1. The van der Waals surface area contributed by atoms with E-state index in [9.17, 15) is 5.11 Å². The summed E-state index contributed by atoms with van der Waals surface area (Å²) in [5, 5.41) is 14.1. The smallest absolute Gasteiger partial charge is 0.103 e. The van der Waals surface area contributed by atoms with Crippen molar-refractivity contribution in [1.82, 2.24) is 5.32 Å². The molecule has 1 fully saturated rings. The van der Waals surface area contributed by atoms with Crippen LogP contribution in [0.25, 0.3) is 0 Å². The second kappa shape index (κ2) is 7.38. The molecule has 3 heteroatoms. The first kappa shape index (κ1) is 18.5. The van der Waals surface area contributed by atoms with Gasteiger partial charge in [-0.1, -0.05) is 47.1 Å². The number of nitrogens with zero attached hydrogens (tertiary/aromatic N) is 1. The second-order valence-corrected chi connectivity index (χ2v) is 8.40. The molecule has 0 aliphatic carbocycles. The van der Waals surface area contributed by atoms with Gasteiger partial charge < -0.3 is 10.4 Å². The minimum Gasteiger partial charge on any atom is -0.393 e. The van der Waals surface area contributed by atoms with Gasteiger partial charge in [0.15, 0.2) is 0 Å². The Bertz CT molecular complexity index is 447. The number of amidine groups is 1. The van der Waals surface area contributed by atoms with Crippen molar-refractivity contribution >= 4 is 5.84 Å². The lowest BCUT2D eigenvalue weighted by atomic mass is 9.72. The second-order valence-electron chi connectivity index (χ2n) is 8.40. The molecule has 132 valence electrons. The Kier molecular flexibility index (Phi) is 5.94. The van der Waals surface area contributed by atoms with Crippen molar-refractivity contribution in [3.63, 3.8) is 0 Å². The fourth-order valence-corrected chi connectivity index (χ4v) is 4.72. The molecule has 2 aliphatic rings. The maximum absolute atomic E-state index is 10.4. The summed E-state index contributed by atoms with van der Waals surface area (Å²) in [5.41, 5.74) is 0.203. The quantitative estimate of drug-likeness (QED) is 0.696. The van der Waals surface area contributed by atoms with Gasteiger partial charge in [-0.15, -0.1) is 6.58 Å². The van der Waals surface area contributed by atoms with Crippen LogP contribution in [0.15, 0.2) is 17.6 Å². The minimum atomic E-state index is -0.214. The molecular formula is C20H36N2O. The van der Waals surface area contributed by atoms with Gasteiger partial charge in [0.05, 0.1) is 6.10 Å². The predicted molar refractivity (Wildman–Crippen MR) is 98.7 cm³/mol. The monoisotopic (exact) mass is 320 g/mol. The third kappa shape index (κ3) is 3.81. The van der Waals surface area contributed by atoms with E-state index in [2.05, 4.69) is 52.6 Å². The molecule has 23 heavy (non-hydrogen) atoms. The van der Waals surface area contributed by atoms with E-state index < -0.39 is 0 Å². The average Bonchev–Trinajstić information content (AvgIpc) is 2.83. The molecule has 0 aromatic heterocycles. The van der Waals surface area contributed by atoms with Crippen molar-refractivity contribution in [3.05, 3.63) is 12.7 Å². The van der Waals surface area contributed by atoms with Crippen LogP contribution >= 0.6 is 0 Å². The summed E-state index contributed by atoms with van der Waals surface area (Å²) in [6, 6.07) is 0.396. The van der Waals surface area contributed by atoms with Crippen LogP contribution in [0.3, 0.4) is 0 Å². The molecule has 0 bridgehead atoms. The van der Waals surface area contributed by atoms with Crippen LogP contribution in [0, 0.1) is 29.1 Å². The van der Waals surface area contributed by atoms with Crippen LogP contribution < -0.4 is 5.32 Å². The Balaban J connectivity index is 2.09. The highest BCUT2D eigenvalue weighted by atomic mass is 16.3. The molecule has 2 rings (SSSR count). The highest BCUT2D eigenvalue weighted by molar-refractivity contribution is 5.90. The van der Waals surface area contributed by atoms with Crippen molar-refractivity contribution in [2.45, 2.75) is 72.4 Å². The van der Waals surface area contributed by atoms with Crippen molar-refractivity contribution in [1.29, 1.82) is 0 Å². The van der Waals surface area contributed by atoms with Gasteiger partial charge in [-0.2, -0.15) is 0 Å². The summed E-state index contributed by atoms with van der Waals surface area (Å²) in [4.78, 5) is 4.80. The lowest BCUT2D eigenvalue weighted by Gasteiger charge is -2.34. The van der Waals surface area contributed by atoms with Crippen molar-refractivity contribution in [2.75, 3.05) is 6.54 Å². The number of aliphatic hydroxyl groups is 1. The molecule has 1 unspecified atom stereocenters. The molecule has 2 heterocycles. The summed E-state index contributed by atoms with van der Waals surface area (Å²) in [6.07, 6.45) is 6.16. The maximum atomic E-state index is 10.4. The van der Waals surface area contributed by atoms with E-state index in [4.69, 9.17) is 4.99 Å². The van der Waals surface area contributed by atoms with Crippen LogP contribution in [0.4, 0.5) is 0 Å². The highest BCUT2D eigenvalue weighted by Gasteiger charge is 2.46. The van der Waals surface area contributed by atoms with Crippen molar-refractivity contribution in [2.24, 2.45) is 34.1 Å². The third-order valence-electron chi connectivity index (χ3n) is 6.29. The van der Waals surface area contributed by atoms with Crippen LogP contribution in [0.2, 0.25) is 0 Å². The summed E-state index contributed by atoms with van der Waals surface area (Å²) in [6.45, 7) is 16.3. The third-order valence-corrected chi connectivity index (χ3v) is 6.29. The molecule has 1 saturated heterocycles. The van der Waals surface area contributed by atoms with E-state index in [1.54, 1.807) is 0 Å². The number of fused-ring (bicyclic) bond motifs is 1. The number of nitrogens with one attached hydrogen (secondary N) is 1. The molecule has 0 spiro atoms. The van der Waals surface area contributed by atoms with E-state index >= 15 is 0 Å². The van der Waals surface area contributed by atoms with Crippen LogP contribution in [-0.4, -0.2) is 29.6 Å². The van der Waals surface area contributed by atoms with E-state index in [1.165, 1.54) is 12.3 Å². The Morgan fingerprint density at radius 3 is 2.70 bits per heavy atom. The van der Waals surface area contributed by atoms with Crippen LogP contribution in [0.1, 0.15) is 60.3 Å². The zero-order chi connectivity index (χ0) is 17.2. The molecule has 2 N–H and O–H groups in total. The van der Waals surface area contributed by atoms with Gasteiger partial charge in [-0.05, 0) is 42.9 Å². The molecule has 0 amide bonds. The number of hydrogen-bond donors (Lipinski definition) is 2. The number of rotatable bonds is 7. The Morgan fingerprint density at radius 2 is 2.09 bits per heavy atom. The van der Waals surface area contributed by atoms with Crippen LogP contribution in [0.5, 0.6) is 0 Å². The SMILES string of the molecule is C=C[C@H]([C@@H]1C[C@@]2(C)C[C@@H](C)CN=C2N1)[C@H](C)C(C)[C@H](O)CCC. The van der Waals surface area contributed by atoms with Gasteiger partial charge in [-0.25, -0.2) is 0 Å². The normalized spacial score (nSPS) is 35.5. The zero-order valence-corrected chi connectivity index (χ0v) is 15.7. The number of hydrogen-bond acceptors (Lipinski definition) is 3. The molecule has 2 aliphatic heterocycles. The van der Waals surface area contributed by atoms with Crippen molar-refractivity contribution in [3.8, 4) is 0 Å². The lowest BCUT2D eigenvalue weighted by molar-refractivity contribution is 0.0615. The van der Waals surface area contributed by atoms with Crippen molar-refractivity contribution < 1.29 is 5.11 Å². The Hall–Kier alpha value is -0.830. The average molecular weight is 321 g/mol. The summed E-state index contributed by atoms with van der Waals surface area (Å²) < 4.78 is 0. The summed E-state index contributed by atoms with van der Waals surface area (Å²) >= 11 is 0. The first-order valence-electron chi connectivity index (χ1n) is 9.44. The van der Waals surface area contributed by atoms with Gasteiger partial charge >= 0.3 is 0 Å². The summed E-state index contributed by atoms with van der Waals surface area (Å²) in [5.74, 6) is 2.96. The predicted octanol–water partition coefficient (Wildman–Crippen LogP) is 4.03. The molecule has 0 radical (unpaired) electrons. The van der Waals surface area contributed by atoms with Crippen LogP contribution in [-0.2, 0) is 0 Å². The van der Waals surface area contributed by atoms with E-state index in [0.717, 1.165) is 25.8 Å². The topological polar surface area (TPSA) is 44.6 Å². The van der Waals surface area contributed by atoms with Gasteiger partial charge in [-0.3, -0.25) is 4.99 Å². The fraction of sp³-hybridized carbons (Fsp3) is 0.850. The van der Waals surface area contributed by atoms with E-state index in [1.807, 2.05) is 0 Å². The largest absolute Gasteiger partial charge is 0.393 e. The fourth-order valence-electron chi connectivity index (χ4n) is 4.72. The van der Waals surface area contributed by atoms with Gasteiger partial charge in [0, 0.05) is 18.0 Å². The highest BCUT2D eigenvalue weighted by Crippen LogP contribution is 2.43. The Labute approximate surface area is 142 Å². The first-order valence-corrected chi connectivity index (χ1v) is 9.44. The molecule has 3 nitrogen and oxygen atoms in total. The summed E-state index contributed by atoms with van der Waals surface area (Å²) in [7, 11) is 0. The molecule has 0 aromatic rings. The zero-order valence-electron chi connectivity index (χ0n) is 15.7. The minimum absolute atomic E-state index is 0.203. The first-order chi connectivity index (χ1) is 10.8. The van der Waals surface area contributed by atoms with E-state index in [-0.39, 0.29) is 17.4 Å². The Morgan fingerprint density at radius 1 is 1.39 bits per heavy atom. The lowest BCUT2D eigenvalue weighted by Crippen LogP contribution is -2.40. The van der Waals surface area contributed by atoms with E-state index in [0.29, 0.717) is 23.8 Å². The molecule has 7 atom stereocenters. The maximum Gasteiger partial charge on any atom is 0.103 e. The molecule has 0 aromatic carbocycles. The van der Waals surface area contributed by atoms with Gasteiger partial charge in [0.2, 0.25) is 0 Å². The van der Waals surface area contributed by atoms with Gasteiger partial charge in [0.1, 0.15) is 5.84 Å². The number of aliphatic hydroxyl groups excluding tert-OH is 1.